The Morgan fingerprint density at radius 1 is 0.919 bits per heavy atom. The summed E-state index contributed by atoms with van der Waals surface area (Å²) in [5.74, 6) is 3.09. The highest BCUT2D eigenvalue weighted by Gasteiger charge is 2.23. The topological polar surface area (TPSA) is 59.6 Å². The van der Waals surface area contributed by atoms with Gasteiger partial charge in [0.15, 0.2) is 5.11 Å². The number of rotatable bonds is 6. The van der Waals surface area contributed by atoms with Gasteiger partial charge in [-0.05, 0) is 60.8 Å². The molecule has 2 N–H and O–H groups in total. The van der Waals surface area contributed by atoms with E-state index < -0.39 is 0 Å². The van der Waals surface area contributed by atoms with Gasteiger partial charge in [-0.15, -0.1) is 0 Å². The highest BCUT2D eigenvalue weighted by Crippen LogP contribution is 2.27. The van der Waals surface area contributed by atoms with Gasteiger partial charge in [-0.25, -0.2) is 0 Å². The molecule has 37 heavy (non-hydrogen) atoms. The molecule has 7 nitrogen and oxygen atoms in total. The number of piperazine rings is 1. The summed E-state index contributed by atoms with van der Waals surface area (Å²) in [4.78, 5) is 16.9. The first-order valence-electron chi connectivity index (χ1n) is 13.0. The molecule has 2 saturated heterocycles. The van der Waals surface area contributed by atoms with Crippen molar-refractivity contribution in [1.82, 2.24) is 15.3 Å². The van der Waals surface area contributed by atoms with Crippen LogP contribution in [0.25, 0.3) is 0 Å². The maximum absolute atomic E-state index is 6.00. The second-order valence-corrected chi connectivity index (χ2v) is 10.7. The number of hydrogen-bond acceptors (Lipinski definition) is 6. The van der Waals surface area contributed by atoms with Gasteiger partial charge in [0.1, 0.15) is 11.6 Å². The summed E-state index contributed by atoms with van der Waals surface area (Å²) < 4.78 is 0. The van der Waals surface area contributed by atoms with Gasteiger partial charge in [0.25, 0.3) is 0 Å². The van der Waals surface area contributed by atoms with E-state index in [1.54, 1.807) is 0 Å². The Hall–Kier alpha value is -3.10. The van der Waals surface area contributed by atoms with Crippen LogP contribution in [0.3, 0.4) is 0 Å². The molecule has 2 aliphatic rings. The largest absolute Gasteiger partial charge is 0.368 e. The molecule has 1 unspecified atom stereocenters. The van der Waals surface area contributed by atoms with E-state index in [0.717, 1.165) is 61.5 Å². The first-order chi connectivity index (χ1) is 18.0. The van der Waals surface area contributed by atoms with Crippen molar-refractivity contribution in [2.45, 2.75) is 26.3 Å². The highest BCUT2D eigenvalue weighted by atomic mass is 35.5. The molecule has 2 aliphatic heterocycles. The molecule has 5 rings (SSSR count). The number of piperidine rings is 1. The minimum absolute atomic E-state index is 0.499. The van der Waals surface area contributed by atoms with Crippen molar-refractivity contribution < 1.29 is 0 Å². The second kappa shape index (κ2) is 12.0. The Kier molecular flexibility index (Phi) is 8.26. The smallest absolute Gasteiger partial charge is 0.232 e. The van der Waals surface area contributed by atoms with Gasteiger partial charge in [-0.1, -0.05) is 48.9 Å². The predicted molar refractivity (Wildman–Crippen MR) is 158 cm³/mol. The van der Waals surface area contributed by atoms with E-state index in [1.807, 2.05) is 24.3 Å². The van der Waals surface area contributed by atoms with Crippen molar-refractivity contribution >= 4 is 52.2 Å². The summed E-state index contributed by atoms with van der Waals surface area (Å²) in [5.41, 5.74) is 2.37. The van der Waals surface area contributed by atoms with Gasteiger partial charge in [0, 0.05) is 62.6 Å². The Morgan fingerprint density at radius 2 is 1.59 bits per heavy atom. The summed E-state index contributed by atoms with van der Waals surface area (Å²) in [6.07, 6.45) is 2.44. The average molecular weight is 536 g/mol. The van der Waals surface area contributed by atoms with E-state index in [0.29, 0.717) is 23.5 Å². The molecule has 2 fully saturated rings. The van der Waals surface area contributed by atoms with E-state index in [4.69, 9.17) is 33.8 Å². The van der Waals surface area contributed by atoms with Crippen molar-refractivity contribution in [3.05, 3.63) is 71.2 Å². The summed E-state index contributed by atoms with van der Waals surface area (Å²) >= 11 is 11.6. The van der Waals surface area contributed by atoms with Gasteiger partial charge in [-0.3, -0.25) is 0 Å². The zero-order valence-electron chi connectivity index (χ0n) is 21.2. The molecule has 1 atom stereocenters. The van der Waals surface area contributed by atoms with E-state index in [2.05, 4.69) is 68.7 Å². The number of hydrogen-bond donors (Lipinski definition) is 2. The zero-order valence-corrected chi connectivity index (χ0v) is 22.8. The van der Waals surface area contributed by atoms with E-state index in [9.17, 15) is 0 Å². The van der Waals surface area contributed by atoms with E-state index in [1.165, 1.54) is 18.5 Å². The summed E-state index contributed by atoms with van der Waals surface area (Å²) in [6, 6.07) is 20.5. The van der Waals surface area contributed by atoms with Crippen LogP contribution in [-0.2, 0) is 6.54 Å². The molecule has 0 spiro atoms. The summed E-state index contributed by atoms with van der Waals surface area (Å²) in [5, 5.41) is 7.72. The third-order valence-electron chi connectivity index (χ3n) is 7.00. The fourth-order valence-electron chi connectivity index (χ4n) is 4.96. The van der Waals surface area contributed by atoms with Crippen molar-refractivity contribution in [2.24, 2.45) is 5.92 Å². The Bertz CT molecular complexity index is 1180. The average Bonchev–Trinajstić information content (AvgIpc) is 2.93. The number of anilines is 4. The normalized spacial score (nSPS) is 18.0. The Balaban J connectivity index is 1.30. The molecule has 0 bridgehead atoms. The molecular formula is C28H34ClN7S. The number of thiocarbonyl (C=S) groups is 1. The van der Waals surface area contributed by atoms with Crippen LogP contribution in [-0.4, -0.2) is 54.3 Å². The third-order valence-corrected chi connectivity index (χ3v) is 7.50. The van der Waals surface area contributed by atoms with Gasteiger partial charge in [0.05, 0.1) is 0 Å². The minimum atomic E-state index is 0.499. The number of halogens is 1. The number of nitrogens with one attached hydrogen (secondary N) is 2. The maximum Gasteiger partial charge on any atom is 0.232 e. The lowest BCUT2D eigenvalue weighted by Crippen LogP contribution is -2.47. The first-order valence-corrected chi connectivity index (χ1v) is 13.8. The summed E-state index contributed by atoms with van der Waals surface area (Å²) in [7, 11) is 0. The van der Waals surface area contributed by atoms with Crippen LogP contribution in [0.4, 0.5) is 23.3 Å². The van der Waals surface area contributed by atoms with Crippen LogP contribution in [0.2, 0.25) is 5.02 Å². The van der Waals surface area contributed by atoms with Crippen molar-refractivity contribution in [1.29, 1.82) is 0 Å². The molecule has 1 aromatic heterocycles. The standard InChI is InChI=1S/C28H34ClN7S/c1-21-6-5-13-36(20-21)26-18-25(35-16-14-34(15-17-35)24-7-3-2-4-8-24)31-27(32-26)33-28(37)30-19-22-9-11-23(29)12-10-22/h2-4,7-12,18,21H,5-6,13-17,19-20H2,1H3,(H2,30,31,32,33,37). The van der Waals surface area contributed by atoms with Crippen molar-refractivity contribution in [2.75, 3.05) is 59.3 Å². The first kappa shape index (κ1) is 25.5. The van der Waals surface area contributed by atoms with Crippen LogP contribution in [0.15, 0.2) is 60.7 Å². The van der Waals surface area contributed by atoms with Crippen LogP contribution in [0.5, 0.6) is 0 Å². The fourth-order valence-corrected chi connectivity index (χ4v) is 5.25. The molecule has 9 heteroatoms. The Labute approximate surface area is 229 Å². The lowest BCUT2D eigenvalue weighted by molar-refractivity contribution is 0.444. The lowest BCUT2D eigenvalue weighted by Gasteiger charge is -2.37. The molecule has 0 amide bonds. The maximum atomic E-state index is 6.00. The number of benzene rings is 2. The van der Waals surface area contributed by atoms with Gasteiger partial charge < -0.3 is 25.3 Å². The number of nitrogens with zero attached hydrogens (tertiary/aromatic N) is 5. The monoisotopic (exact) mass is 535 g/mol. The lowest BCUT2D eigenvalue weighted by atomic mass is 10.0. The zero-order chi connectivity index (χ0) is 25.6. The van der Waals surface area contributed by atoms with Gasteiger partial charge >= 0.3 is 0 Å². The second-order valence-electron chi connectivity index (χ2n) is 9.85. The molecule has 2 aromatic carbocycles. The van der Waals surface area contributed by atoms with Crippen molar-refractivity contribution in [3.63, 3.8) is 0 Å². The summed E-state index contributed by atoms with van der Waals surface area (Å²) in [6.45, 7) is 8.65. The fraction of sp³-hybridized carbons (Fsp3) is 0.393. The molecular weight excluding hydrogens is 502 g/mol. The van der Waals surface area contributed by atoms with Crippen LogP contribution in [0, 0.1) is 5.92 Å². The van der Waals surface area contributed by atoms with Gasteiger partial charge in [-0.2, -0.15) is 9.97 Å². The number of para-hydroxylation sites is 1. The quantitative estimate of drug-likeness (QED) is 0.419. The van der Waals surface area contributed by atoms with Crippen molar-refractivity contribution in [3.8, 4) is 0 Å². The molecule has 0 aliphatic carbocycles. The molecule has 194 valence electrons. The van der Waals surface area contributed by atoms with E-state index in [-0.39, 0.29) is 0 Å². The minimum Gasteiger partial charge on any atom is -0.368 e. The van der Waals surface area contributed by atoms with Gasteiger partial charge in [0.2, 0.25) is 5.95 Å². The Morgan fingerprint density at radius 3 is 2.30 bits per heavy atom. The number of aromatic nitrogens is 2. The van der Waals surface area contributed by atoms with Crippen LogP contribution < -0.4 is 25.3 Å². The van der Waals surface area contributed by atoms with Crippen LogP contribution in [0.1, 0.15) is 25.3 Å². The molecule has 0 radical (unpaired) electrons. The predicted octanol–water partition coefficient (Wildman–Crippen LogP) is 5.18. The molecule has 3 heterocycles. The SMILES string of the molecule is CC1CCCN(c2cc(N3CCN(c4ccccc4)CC3)nc(NC(=S)NCc3ccc(Cl)cc3)n2)C1. The van der Waals surface area contributed by atoms with Crippen LogP contribution >= 0.6 is 23.8 Å². The van der Waals surface area contributed by atoms with E-state index >= 15 is 0 Å². The molecule has 0 saturated carbocycles. The molecule has 3 aromatic rings. The third kappa shape index (κ3) is 6.81. The highest BCUT2D eigenvalue weighted by molar-refractivity contribution is 7.80.